The number of rotatable bonds is 5. The molecule has 0 aliphatic carbocycles. The van der Waals surface area contributed by atoms with E-state index >= 15 is 0 Å². The van der Waals surface area contributed by atoms with Crippen molar-refractivity contribution in [1.82, 2.24) is 20.0 Å². The van der Waals surface area contributed by atoms with E-state index in [0.29, 0.717) is 24.3 Å². The molecule has 11 heteroatoms. The molecule has 0 unspecified atom stereocenters. The smallest absolute Gasteiger partial charge is 0.262 e. The first-order valence-electron chi connectivity index (χ1n) is 13.9. The van der Waals surface area contributed by atoms with Gasteiger partial charge in [-0.2, -0.15) is 0 Å². The standard InChI is InChI=1S/C30H36F2N4O5/c1-29(2,3)36(28(39)40)25(19-9-5-4-6-10-19)27(38)35-16-20-15-30(31,32)18-34(20)17-23(35)26(37)33-22-13-14-41-24-12-8-7-11-21(22)24/h4-12,20,22-23,25H,13-18H2,1-3H3,(H,33,37)(H,39,40)/p-1/t20-,22-,23+,25+/m1/s1. The van der Waals surface area contributed by atoms with Gasteiger partial charge < -0.3 is 29.8 Å². The van der Waals surface area contributed by atoms with E-state index in [9.17, 15) is 28.3 Å². The summed E-state index contributed by atoms with van der Waals surface area (Å²) in [4.78, 5) is 44.6. The molecule has 2 aromatic carbocycles. The van der Waals surface area contributed by atoms with E-state index in [0.717, 1.165) is 10.5 Å². The lowest BCUT2D eigenvalue weighted by Crippen LogP contribution is -2.65. The lowest BCUT2D eigenvalue weighted by molar-refractivity contribution is -0.273. The molecular formula is C30H35F2N4O5-. The molecule has 220 valence electrons. The molecule has 2 saturated heterocycles. The maximum atomic E-state index is 14.5. The van der Waals surface area contributed by atoms with Crippen LogP contribution in [0.1, 0.15) is 56.8 Å². The van der Waals surface area contributed by atoms with Crippen LogP contribution in [-0.2, 0) is 9.59 Å². The fraction of sp³-hybridized carbons (Fsp3) is 0.500. The molecule has 9 nitrogen and oxygen atoms in total. The van der Waals surface area contributed by atoms with E-state index in [1.807, 2.05) is 24.3 Å². The van der Waals surface area contributed by atoms with Crippen LogP contribution in [0.3, 0.4) is 0 Å². The van der Waals surface area contributed by atoms with Crippen LogP contribution in [0.5, 0.6) is 5.75 Å². The van der Waals surface area contributed by atoms with Crippen molar-refractivity contribution in [3.63, 3.8) is 0 Å². The van der Waals surface area contributed by atoms with Gasteiger partial charge in [0.25, 0.3) is 11.8 Å². The summed E-state index contributed by atoms with van der Waals surface area (Å²) in [6.45, 7) is 4.60. The van der Waals surface area contributed by atoms with Crippen LogP contribution in [0.15, 0.2) is 54.6 Å². The topological polar surface area (TPSA) is 105 Å². The van der Waals surface area contributed by atoms with Gasteiger partial charge in [0.1, 0.15) is 23.9 Å². The molecule has 3 heterocycles. The maximum absolute atomic E-state index is 14.5. The van der Waals surface area contributed by atoms with Gasteiger partial charge in [0.05, 0.1) is 19.2 Å². The van der Waals surface area contributed by atoms with Crippen molar-refractivity contribution in [2.75, 3.05) is 26.2 Å². The Morgan fingerprint density at radius 2 is 1.76 bits per heavy atom. The Bertz CT molecular complexity index is 1300. The van der Waals surface area contributed by atoms with Crippen molar-refractivity contribution in [3.05, 3.63) is 65.7 Å². The molecule has 3 amide bonds. The van der Waals surface area contributed by atoms with Gasteiger partial charge in [-0.3, -0.25) is 14.5 Å². The van der Waals surface area contributed by atoms with Crippen LogP contribution >= 0.6 is 0 Å². The summed E-state index contributed by atoms with van der Waals surface area (Å²) >= 11 is 0. The maximum Gasteiger partial charge on any atom is 0.262 e. The van der Waals surface area contributed by atoms with Gasteiger partial charge in [0, 0.05) is 43.1 Å². The number of carbonyl (C=O) groups is 3. The Morgan fingerprint density at radius 3 is 2.44 bits per heavy atom. The van der Waals surface area contributed by atoms with Gasteiger partial charge >= 0.3 is 0 Å². The monoisotopic (exact) mass is 569 g/mol. The molecule has 0 aromatic heterocycles. The zero-order valence-electron chi connectivity index (χ0n) is 23.4. The molecule has 3 aliphatic rings. The first-order chi connectivity index (χ1) is 19.4. The number of carboxylic acid groups (broad SMARTS) is 1. The number of alkyl halides is 2. The van der Waals surface area contributed by atoms with E-state index in [1.165, 1.54) is 4.90 Å². The number of nitrogens with zero attached hydrogens (tertiary/aromatic N) is 3. The zero-order chi connectivity index (χ0) is 29.5. The average Bonchev–Trinajstić information content (AvgIpc) is 3.23. The second kappa shape index (κ2) is 10.9. The first kappa shape index (κ1) is 28.8. The summed E-state index contributed by atoms with van der Waals surface area (Å²) < 4.78 is 34.7. The van der Waals surface area contributed by atoms with Crippen molar-refractivity contribution < 1.29 is 33.0 Å². The highest BCUT2D eigenvalue weighted by molar-refractivity contribution is 5.92. The highest BCUT2D eigenvalue weighted by atomic mass is 19.3. The van der Waals surface area contributed by atoms with E-state index in [-0.39, 0.29) is 19.1 Å². The predicted octanol–water partition coefficient (Wildman–Crippen LogP) is 2.73. The van der Waals surface area contributed by atoms with Gasteiger partial charge in [-0.1, -0.05) is 48.5 Å². The highest BCUT2D eigenvalue weighted by Gasteiger charge is 2.52. The van der Waals surface area contributed by atoms with E-state index in [4.69, 9.17) is 4.74 Å². The van der Waals surface area contributed by atoms with E-state index < -0.39 is 60.5 Å². The number of benzene rings is 2. The highest BCUT2D eigenvalue weighted by Crippen LogP contribution is 2.38. The van der Waals surface area contributed by atoms with Crippen molar-refractivity contribution in [2.24, 2.45) is 0 Å². The van der Waals surface area contributed by atoms with Crippen LogP contribution in [0.2, 0.25) is 0 Å². The molecule has 0 bridgehead atoms. The first-order valence-corrected chi connectivity index (χ1v) is 13.9. The molecular weight excluding hydrogens is 534 g/mol. The second-order valence-corrected chi connectivity index (χ2v) is 12.0. The molecule has 2 aromatic rings. The zero-order valence-corrected chi connectivity index (χ0v) is 23.4. The molecule has 2 fully saturated rings. The molecule has 41 heavy (non-hydrogen) atoms. The fourth-order valence-electron chi connectivity index (χ4n) is 6.22. The van der Waals surface area contributed by atoms with Crippen LogP contribution in [0.25, 0.3) is 0 Å². The number of amides is 3. The predicted molar refractivity (Wildman–Crippen MR) is 144 cm³/mol. The summed E-state index contributed by atoms with van der Waals surface area (Å²) in [7, 11) is 0. The Balaban J connectivity index is 1.51. The third kappa shape index (κ3) is 5.86. The third-order valence-corrected chi connectivity index (χ3v) is 8.06. The Labute approximate surface area is 238 Å². The summed E-state index contributed by atoms with van der Waals surface area (Å²) in [5.74, 6) is -3.45. The third-order valence-electron chi connectivity index (χ3n) is 8.06. The quantitative estimate of drug-likeness (QED) is 0.594. The van der Waals surface area contributed by atoms with Crippen molar-refractivity contribution in [3.8, 4) is 5.75 Å². The van der Waals surface area contributed by atoms with Gasteiger partial charge in [0.15, 0.2) is 0 Å². The molecule has 5 rings (SSSR count). The van der Waals surface area contributed by atoms with Crippen molar-refractivity contribution >= 4 is 17.9 Å². The summed E-state index contributed by atoms with van der Waals surface area (Å²) in [6, 6.07) is 12.2. The Morgan fingerprint density at radius 1 is 1.07 bits per heavy atom. The fourth-order valence-corrected chi connectivity index (χ4v) is 6.22. The van der Waals surface area contributed by atoms with Crippen LogP contribution in [0.4, 0.5) is 13.6 Å². The molecule has 0 spiro atoms. The minimum Gasteiger partial charge on any atom is -0.530 e. The Kier molecular flexibility index (Phi) is 7.67. The normalized spacial score (nSPS) is 24.4. The number of ether oxygens (including phenoxy) is 1. The number of hydrogen-bond donors (Lipinski definition) is 1. The number of hydrogen-bond acceptors (Lipinski definition) is 6. The van der Waals surface area contributed by atoms with Gasteiger partial charge in [-0.15, -0.1) is 0 Å². The summed E-state index contributed by atoms with van der Waals surface area (Å²) in [5, 5.41) is 15.5. The lowest BCUT2D eigenvalue weighted by atomic mass is 9.95. The number of piperazine rings is 1. The Hall–Kier alpha value is -3.73. The second-order valence-electron chi connectivity index (χ2n) is 12.0. The molecule has 4 atom stereocenters. The SMILES string of the molecule is CC(C)(C)N(C(=O)[O-])[C@H](C(=O)N1C[C@H]2CC(F)(F)CN2C[C@H]1C(=O)N[C@@H]1CCOc2ccccc21)c1ccccc1. The summed E-state index contributed by atoms with van der Waals surface area (Å²) in [6.07, 6.45) is -1.49. The molecule has 3 aliphatic heterocycles. The van der Waals surface area contributed by atoms with Gasteiger partial charge in [-0.25, -0.2) is 8.78 Å². The molecule has 0 radical (unpaired) electrons. The van der Waals surface area contributed by atoms with Gasteiger partial charge in [0.2, 0.25) is 5.91 Å². The average molecular weight is 570 g/mol. The number of fused-ring (bicyclic) bond motifs is 2. The molecule has 1 N–H and O–H groups in total. The number of para-hydroxylation sites is 1. The van der Waals surface area contributed by atoms with Crippen LogP contribution in [-0.4, -0.2) is 82.4 Å². The van der Waals surface area contributed by atoms with E-state index in [1.54, 1.807) is 56.0 Å². The molecule has 0 saturated carbocycles. The number of halogens is 2. The summed E-state index contributed by atoms with van der Waals surface area (Å²) in [5.41, 5.74) is 0.151. The van der Waals surface area contributed by atoms with Gasteiger partial charge in [-0.05, 0) is 32.4 Å². The minimum atomic E-state index is -2.95. The van der Waals surface area contributed by atoms with Crippen molar-refractivity contribution in [2.45, 2.75) is 69.2 Å². The van der Waals surface area contributed by atoms with E-state index in [2.05, 4.69) is 5.32 Å². The number of carbonyl (C=O) groups excluding carboxylic acids is 3. The number of nitrogens with one attached hydrogen (secondary N) is 1. The largest absolute Gasteiger partial charge is 0.530 e. The lowest BCUT2D eigenvalue weighted by Gasteiger charge is -2.48. The van der Waals surface area contributed by atoms with Crippen LogP contribution < -0.4 is 15.2 Å². The van der Waals surface area contributed by atoms with Crippen LogP contribution in [0, 0.1) is 0 Å². The van der Waals surface area contributed by atoms with Crippen molar-refractivity contribution in [1.29, 1.82) is 0 Å². The minimum absolute atomic E-state index is 0.0922.